The van der Waals surface area contributed by atoms with Crippen molar-refractivity contribution < 1.29 is 4.74 Å². The van der Waals surface area contributed by atoms with Crippen molar-refractivity contribution in [2.45, 2.75) is 6.92 Å². The van der Waals surface area contributed by atoms with E-state index in [9.17, 15) is 0 Å². The number of hydrogen-bond donors (Lipinski definition) is 1. The molecule has 0 atom stereocenters. The van der Waals surface area contributed by atoms with Gasteiger partial charge >= 0.3 is 0 Å². The van der Waals surface area contributed by atoms with Gasteiger partial charge in [-0.15, -0.1) is 0 Å². The minimum atomic E-state index is -0.211. The molecule has 0 heterocycles. The Labute approximate surface area is 38.4 Å². The van der Waals surface area contributed by atoms with Crippen molar-refractivity contribution >= 4 is 13.6 Å². The standard InChI is InChI=1S/C3H6BNO/c1-2-6-3(4)5/h5H,2H2,1H3. The highest BCUT2D eigenvalue weighted by Gasteiger charge is 1.75. The molecular weight excluding hydrogens is 76.9 g/mol. The summed E-state index contributed by atoms with van der Waals surface area (Å²) in [5.41, 5.74) is 0. The summed E-state index contributed by atoms with van der Waals surface area (Å²) in [5, 5.41) is 6.45. The number of ether oxygens (including phenoxy) is 1. The highest BCUT2D eigenvalue weighted by atomic mass is 16.5. The van der Waals surface area contributed by atoms with Crippen molar-refractivity contribution in [1.82, 2.24) is 0 Å². The number of rotatable bonds is 1. The molecule has 0 aromatic rings. The van der Waals surface area contributed by atoms with Gasteiger partial charge in [-0.3, -0.25) is 5.41 Å². The molecule has 0 aromatic carbocycles. The molecule has 0 aliphatic rings. The topological polar surface area (TPSA) is 33.1 Å². The van der Waals surface area contributed by atoms with Crippen molar-refractivity contribution in [3.05, 3.63) is 0 Å². The van der Waals surface area contributed by atoms with E-state index in [0.29, 0.717) is 6.61 Å². The maximum atomic E-state index is 6.45. The zero-order chi connectivity index (χ0) is 4.99. The molecule has 0 spiro atoms. The molecule has 0 aliphatic heterocycles. The average molecular weight is 82.9 g/mol. The molecule has 0 bridgehead atoms. The normalized spacial score (nSPS) is 7.50. The van der Waals surface area contributed by atoms with Gasteiger partial charge in [-0.2, -0.15) is 0 Å². The SMILES string of the molecule is [B]C(=N)OCC. The van der Waals surface area contributed by atoms with E-state index >= 15 is 0 Å². The third-order valence-electron chi connectivity index (χ3n) is 0.300. The van der Waals surface area contributed by atoms with Crippen molar-refractivity contribution in [1.29, 1.82) is 5.41 Å². The Kier molecular flexibility index (Phi) is 2.54. The summed E-state index contributed by atoms with van der Waals surface area (Å²) in [6.45, 7) is 2.26. The van der Waals surface area contributed by atoms with Gasteiger partial charge < -0.3 is 4.74 Å². The minimum Gasteiger partial charge on any atom is -0.492 e. The van der Waals surface area contributed by atoms with Gasteiger partial charge in [0.1, 0.15) is 5.80 Å². The second kappa shape index (κ2) is 2.76. The third kappa shape index (κ3) is 3.53. The summed E-state index contributed by atoms with van der Waals surface area (Å²) >= 11 is 0. The summed E-state index contributed by atoms with van der Waals surface area (Å²) in [6, 6.07) is 0. The lowest BCUT2D eigenvalue weighted by Gasteiger charge is -1.94. The molecule has 3 heteroatoms. The fourth-order valence-electron chi connectivity index (χ4n) is 0.156. The largest absolute Gasteiger partial charge is 0.492 e. The third-order valence-corrected chi connectivity index (χ3v) is 0.300. The Morgan fingerprint density at radius 2 is 2.50 bits per heavy atom. The van der Waals surface area contributed by atoms with E-state index in [1.54, 1.807) is 6.92 Å². The van der Waals surface area contributed by atoms with E-state index in [1.165, 1.54) is 0 Å². The second-order valence-corrected chi connectivity index (χ2v) is 0.797. The van der Waals surface area contributed by atoms with Gasteiger partial charge in [0.15, 0.2) is 7.85 Å². The lowest BCUT2D eigenvalue weighted by Crippen LogP contribution is -1.99. The van der Waals surface area contributed by atoms with Crippen molar-refractivity contribution in [3.8, 4) is 0 Å². The minimum absolute atomic E-state index is 0.211. The van der Waals surface area contributed by atoms with Crippen LogP contribution in [-0.4, -0.2) is 20.3 Å². The molecule has 0 saturated carbocycles. The first-order valence-corrected chi connectivity index (χ1v) is 1.74. The summed E-state index contributed by atoms with van der Waals surface area (Å²) in [5.74, 6) is -0.211. The summed E-state index contributed by atoms with van der Waals surface area (Å²) < 4.78 is 4.40. The van der Waals surface area contributed by atoms with E-state index in [1.807, 2.05) is 0 Å². The first-order valence-electron chi connectivity index (χ1n) is 1.74. The first-order chi connectivity index (χ1) is 2.77. The van der Waals surface area contributed by atoms with Crippen LogP contribution >= 0.6 is 0 Å². The summed E-state index contributed by atoms with van der Waals surface area (Å²) in [6.07, 6.45) is 0. The monoisotopic (exact) mass is 83.1 g/mol. The van der Waals surface area contributed by atoms with Crippen LogP contribution in [0.15, 0.2) is 0 Å². The van der Waals surface area contributed by atoms with Crippen molar-refractivity contribution in [2.24, 2.45) is 0 Å². The molecule has 0 fully saturated rings. The number of hydrogen-bond acceptors (Lipinski definition) is 2. The van der Waals surface area contributed by atoms with E-state index in [2.05, 4.69) is 4.74 Å². The van der Waals surface area contributed by atoms with Crippen molar-refractivity contribution in [3.63, 3.8) is 0 Å². The molecule has 2 nitrogen and oxygen atoms in total. The smallest absolute Gasteiger partial charge is 0.195 e. The van der Waals surface area contributed by atoms with Crippen LogP contribution < -0.4 is 0 Å². The average Bonchev–Trinajstić information content (AvgIpc) is 1.35. The van der Waals surface area contributed by atoms with Crippen LogP contribution in [0.5, 0.6) is 0 Å². The first kappa shape index (κ1) is 5.53. The Morgan fingerprint density at radius 3 is 2.50 bits per heavy atom. The molecule has 32 valence electrons. The van der Waals surface area contributed by atoms with Crippen LogP contribution in [0.4, 0.5) is 0 Å². The van der Waals surface area contributed by atoms with E-state index in [-0.39, 0.29) is 5.80 Å². The lowest BCUT2D eigenvalue weighted by molar-refractivity contribution is 0.334. The Balaban J connectivity index is 2.83. The molecular formula is C3H6BNO. The van der Waals surface area contributed by atoms with Gasteiger partial charge in [0, 0.05) is 0 Å². The molecule has 0 aliphatic carbocycles. The van der Waals surface area contributed by atoms with Gasteiger partial charge in [0.25, 0.3) is 0 Å². The number of nitrogens with one attached hydrogen (secondary N) is 1. The maximum absolute atomic E-state index is 6.45. The fraction of sp³-hybridized carbons (Fsp3) is 0.667. The Hall–Kier alpha value is -0.465. The second-order valence-electron chi connectivity index (χ2n) is 0.797. The van der Waals surface area contributed by atoms with Gasteiger partial charge in [-0.1, -0.05) is 0 Å². The van der Waals surface area contributed by atoms with Gasteiger partial charge in [-0.25, -0.2) is 0 Å². The van der Waals surface area contributed by atoms with Crippen LogP contribution in [0.1, 0.15) is 6.92 Å². The summed E-state index contributed by atoms with van der Waals surface area (Å²) in [7, 11) is 4.76. The van der Waals surface area contributed by atoms with Crippen LogP contribution in [0.25, 0.3) is 0 Å². The maximum Gasteiger partial charge on any atom is 0.195 e. The zero-order valence-corrected chi connectivity index (χ0v) is 3.69. The molecule has 1 N–H and O–H groups in total. The molecule has 6 heavy (non-hydrogen) atoms. The molecule has 0 rings (SSSR count). The Bertz CT molecular complexity index is 54.8. The van der Waals surface area contributed by atoms with Gasteiger partial charge in [0.05, 0.1) is 6.61 Å². The molecule has 0 amide bonds. The molecule has 0 aromatic heterocycles. The highest BCUT2D eigenvalue weighted by molar-refractivity contribution is 6.55. The predicted molar refractivity (Wildman–Crippen MR) is 25.1 cm³/mol. The summed E-state index contributed by atoms with van der Waals surface area (Å²) in [4.78, 5) is 0. The van der Waals surface area contributed by atoms with E-state index < -0.39 is 0 Å². The van der Waals surface area contributed by atoms with Crippen molar-refractivity contribution in [2.75, 3.05) is 6.61 Å². The van der Waals surface area contributed by atoms with Crippen LogP contribution in [0.3, 0.4) is 0 Å². The van der Waals surface area contributed by atoms with Crippen LogP contribution in [-0.2, 0) is 4.74 Å². The van der Waals surface area contributed by atoms with E-state index in [4.69, 9.17) is 13.3 Å². The van der Waals surface area contributed by atoms with Gasteiger partial charge in [-0.05, 0) is 6.92 Å². The van der Waals surface area contributed by atoms with Crippen LogP contribution in [0.2, 0.25) is 0 Å². The molecule has 2 radical (unpaired) electrons. The van der Waals surface area contributed by atoms with Crippen LogP contribution in [0, 0.1) is 5.41 Å². The van der Waals surface area contributed by atoms with E-state index in [0.717, 1.165) is 0 Å². The Morgan fingerprint density at radius 1 is 2.00 bits per heavy atom. The fourth-order valence-corrected chi connectivity index (χ4v) is 0.156. The van der Waals surface area contributed by atoms with Gasteiger partial charge in [0.2, 0.25) is 0 Å². The quantitative estimate of drug-likeness (QED) is 0.272. The zero-order valence-electron chi connectivity index (χ0n) is 3.69. The lowest BCUT2D eigenvalue weighted by atomic mass is 10.2. The highest BCUT2D eigenvalue weighted by Crippen LogP contribution is 1.66. The molecule has 0 saturated heterocycles. The predicted octanol–water partition coefficient (Wildman–Crippen LogP) is 0.126. The molecule has 0 unspecified atom stereocenters.